The molecule has 160 valence electrons. The summed E-state index contributed by atoms with van der Waals surface area (Å²) in [6.45, 7) is 3.78. The number of hydrogen-bond acceptors (Lipinski definition) is 4. The zero-order valence-electron chi connectivity index (χ0n) is 15.9. The predicted molar refractivity (Wildman–Crippen MR) is 129 cm³/mol. The number of rotatable bonds is 9. The van der Waals surface area contributed by atoms with Gasteiger partial charge in [-0.1, -0.05) is 35.3 Å². The number of pyridine rings is 1. The van der Waals surface area contributed by atoms with Gasteiger partial charge in [0, 0.05) is 30.9 Å². The van der Waals surface area contributed by atoms with Gasteiger partial charge in [0.15, 0.2) is 5.96 Å². The highest BCUT2D eigenvalue weighted by atomic mass is 127. The smallest absolute Gasteiger partial charge is 0.240 e. The van der Waals surface area contributed by atoms with Crippen LogP contribution in [0.3, 0.4) is 0 Å². The van der Waals surface area contributed by atoms with Crippen LogP contribution in [0, 0.1) is 0 Å². The molecule has 0 bridgehead atoms. The first-order chi connectivity index (χ1) is 13.4. The number of nitrogens with zero attached hydrogens (tertiary/aromatic N) is 2. The van der Waals surface area contributed by atoms with Crippen LogP contribution in [0.25, 0.3) is 0 Å². The van der Waals surface area contributed by atoms with Crippen molar-refractivity contribution in [3.8, 4) is 0 Å². The summed E-state index contributed by atoms with van der Waals surface area (Å²) in [7, 11) is -3.61. The van der Waals surface area contributed by atoms with E-state index in [0.717, 1.165) is 12.0 Å². The number of halogens is 3. The van der Waals surface area contributed by atoms with E-state index < -0.39 is 10.0 Å². The number of guanidine groups is 1. The van der Waals surface area contributed by atoms with Gasteiger partial charge in [0.05, 0.1) is 11.4 Å². The molecule has 1 aromatic carbocycles. The van der Waals surface area contributed by atoms with Crippen molar-refractivity contribution in [1.82, 2.24) is 20.3 Å². The maximum atomic E-state index is 12.2. The molecule has 11 heteroatoms. The summed E-state index contributed by atoms with van der Waals surface area (Å²) < 4.78 is 27.0. The van der Waals surface area contributed by atoms with Crippen LogP contribution in [0.15, 0.2) is 52.5 Å². The van der Waals surface area contributed by atoms with E-state index >= 15 is 0 Å². The Morgan fingerprint density at radius 1 is 1.14 bits per heavy atom. The summed E-state index contributed by atoms with van der Waals surface area (Å²) in [6.07, 6.45) is 2.49. The second-order valence-electron chi connectivity index (χ2n) is 5.78. The summed E-state index contributed by atoms with van der Waals surface area (Å²) in [5, 5.41) is 7.16. The topological polar surface area (TPSA) is 95.5 Å². The van der Waals surface area contributed by atoms with Crippen LogP contribution in [-0.4, -0.2) is 45.5 Å². The minimum atomic E-state index is -3.61. The van der Waals surface area contributed by atoms with Gasteiger partial charge in [0.2, 0.25) is 10.0 Å². The van der Waals surface area contributed by atoms with E-state index in [1.807, 2.05) is 13.0 Å². The van der Waals surface area contributed by atoms with E-state index in [1.54, 1.807) is 24.4 Å². The monoisotopic (exact) mass is 571 g/mol. The largest absolute Gasteiger partial charge is 0.357 e. The molecule has 2 aromatic rings. The van der Waals surface area contributed by atoms with Gasteiger partial charge in [-0.05, 0) is 43.2 Å². The Morgan fingerprint density at radius 3 is 2.59 bits per heavy atom. The summed E-state index contributed by atoms with van der Waals surface area (Å²) in [5.41, 5.74) is 1.06. The number of benzene rings is 1. The fourth-order valence-electron chi connectivity index (χ4n) is 2.29. The zero-order chi connectivity index (χ0) is 20.4. The van der Waals surface area contributed by atoms with E-state index in [0.29, 0.717) is 29.2 Å². The molecule has 2 rings (SSSR count). The molecule has 0 fully saturated rings. The molecule has 0 atom stereocenters. The SMILES string of the molecule is CCNC(=NCCNS(=O)(=O)c1cccc(Cl)c1)NCCc1ccc(Cl)nc1.I. The van der Waals surface area contributed by atoms with Gasteiger partial charge in [-0.2, -0.15) is 0 Å². The molecule has 0 saturated carbocycles. The third-order valence-electron chi connectivity index (χ3n) is 3.62. The minimum absolute atomic E-state index is 0. The second-order valence-corrected chi connectivity index (χ2v) is 8.37. The van der Waals surface area contributed by atoms with Crippen LogP contribution >= 0.6 is 47.2 Å². The maximum Gasteiger partial charge on any atom is 0.240 e. The van der Waals surface area contributed by atoms with Crippen molar-refractivity contribution < 1.29 is 8.42 Å². The van der Waals surface area contributed by atoms with Crippen molar-refractivity contribution in [2.75, 3.05) is 26.2 Å². The third kappa shape index (κ3) is 9.47. The van der Waals surface area contributed by atoms with Crippen LogP contribution in [0.4, 0.5) is 0 Å². The molecule has 0 saturated heterocycles. The Morgan fingerprint density at radius 2 is 1.93 bits per heavy atom. The number of hydrogen-bond donors (Lipinski definition) is 3. The lowest BCUT2D eigenvalue weighted by atomic mass is 10.2. The fourth-order valence-corrected chi connectivity index (χ4v) is 3.72. The van der Waals surface area contributed by atoms with E-state index in [9.17, 15) is 8.42 Å². The van der Waals surface area contributed by atoms with Crippen molar-refractivity contribution >= 4 is 63.2 Å². The average molecular weight is 572 g/mol. The molecule has 0 aliphatic carbocycles. The van der Waals surface area contributed by atoms with Crippen molar-refractivity contribution in [2.24, 2.45) is 4.99 Å². The number of sulfonamides is 1. The quantitative estimate of drug-likeness (QED) is 0.141. The molecule has 3 N–H and O–H groups in total. The molecule has 0 unspecified atom stereocenters. The summed E-state index contributed by atoms with van der Waals surface area (Å²) in [4.78, 5) is 8.55. The molecule has 0 amide bonds. The van der Waals surface area contributed by atoms with Crippen LogP contribution in [0.2, 0.25) is 10.2 Å². The molecule has 0 aliphatic heterocycles. The van der Waals surface area contributed by atoms with Gasteiger partial charge >= 0.3 is 0 Å². The molecule has 0 spiro atoms. The Labute approximate surface area is 198 Å². The molecule has 0 radical (unpaired) electrons. The number of aliphatic imine (C=N–C) groups is 1. The lowest BCUT2D eigenvalue weighted by molar-refractivity contribution is 0.582. The number of aromatic nitrogens is 1. The Kier molecular flexibility index (Phi) is 11.8. The van der Waals surface area contributed by atoms with Crippen LogP contribution in [-0.2, 0) is 16.4 Å². The minimum Gasteiger partial charge on any atom is -0.357 e. The molecule has 1 heterocycles. The van der Waals surface area contributed by atoms with Gasteiger partial charge in [0.1, 0.15) is 5.15 Å². The molecule has 29 heavy (non-hydrogen) atoms. The first-order valence-electron chi connectivity index (χ1n) is 8.78. The predicted octanol–water partition coefficient (Wildman–Crippen LogP) is 3.08. The van der Waals surface area contributed by atoms with E-state index in [-0.39, 0.29) is 42.0 Å². The van der Waals surface area contributed by atoms with Crippen molar-refractivity contribution in [2.45, 2.75) is 18.2 Å². The normalized spacial score (nSPS) is 11.6. The lowest BCUT2D eigenvalue weighted by Gasteiger charge is -2.11. The van der Waals surface area contributed by atoms with Crippen molar-refractivity contribution in [1.29, 1.82) is 0 Å². The average Bonchev–Trinajstić information content (AvgIpc) is 2.67. The van der Waals surface area contributed by atoms with Crippen LogP contribution in [0.1, 0.15) is 12.5 Å². The molecule has 1 aromatic heterocycles. The highest BCUT2D eigenvalue weighted by Crippen LogP contribution is 2.14. The molecular weight excluding hydrogens is 548 g/mol. The van der Waals surface area contributed by atoms with Gasteiger partial charge in [-0.3, -0.25) is 4.99 Å². The van der Waals surface area contributed by atoms with E-state index in [1.165, 1.54) is 12.1 Å². The van der Waals surface area contributed by atoms with E-state index in [2.05, 4.69) is 25.3 Å². The van der Waals surface area contributed by atoms with Crippen molar-refractivity contribution in [3.05, 3.63) is 58.3 Å². The Hall–Kier alpha value is -1.14. The first kappa shape index (κ1) is 25.9. The lowest BCUT2D eigenvalue weighted by Crippen LogP contribution is -2.39. The Balaban J connectivity index is 0.00000420. The highest BCUT2D eigenvalue weighted by molar-refractivity contribution is 14.0. The maximum absolute atomic E-state index is 12.2. The summed E-state index contributed by atoms with van der Waals surface area (Å²) in [5.74, 6) is 0.617. The fraction of sp³-hybridized carbons (Fsp3) is 0.333. The van der Waals surface area contributed by atoms with Crippen molar-refractivity contribution in [3.63, 3.8) is 0 Å². The first-order valence-corrected chi connectivity index (χ1v) is 11.0. The van der Waals surface area contributed by atoms with Gasteiger partial charge in [-0.25, -0.2) is 18.1 Å². The second kappa shape index (κ2) is 13.2. The zero-order valence-corrected chi connectivity index (χ0v) is 20.5. The van der Waals surface area contributed by atoms with Gasteiger partial charge in [-0.15, -0.1) is 24.0 Å². The molecule has 7 nitrogen and oxygen atoms in total. The van der Waals surface area contributed by atoms with Gasteiger partial charge < -0.3 is 10.6 Å². The van der Waals surface area contributed by atoms with Crippen LogP contribution < -0.4 is 15.4 Å². The van der Waals surface area contributed by atoms with Gasteiger partial charge in [0.25, 0.3) is 0 Å². The van der Waals surface area contributed by atoms with E-state index in [4.69, 9.17) is 23.2 Å². The van der Waals surface area contributed by atoms with Crippen LogP contribution in [0.5, 0.6) is 0 Å². The molecular formula is C18H24Cl2IN5O2S. The Bertz CT molecular complexity index is 895. The molecule has 0 aliphatic rings. The third-order valence-corrected chi connectivity index (χ3v) is 5.54. The number of nitrogens with one attached hydrogen (secondary N) is 3. The standard InChI is InChI=1S/C18H23Cl2N5O2S.HI/c1-2-21-18(22-9-8-14-6-7-17(20)24-13-14)23-10-11-25-28(26,27)16-5-3-4-15(19)12-16;/h3-7,12-13,25H,2,8-11H2,1H3,(H2,21,22,23);1H. The highest BCUT2D eigenvalue weighted by Gasteiger charge is 2.13. The summed E-state index contributed by atoms with van der Waals surface area (Å²) in [6, 6.07) is 9.80. The summed E-state index contributed by atoms with van der Waals surface area (Å²) >= 11 is 11.6.